The van der Waals surface area contributed by atoms with Crippen LogP contribution in [0.2, 0.25) is 0 Å². The zero-order valence-electron chi connectivity index (χ0n) is 14.6. The van der Waals surface area contributed by atoms with E-state index < -0.39 is 11.9 Å². The zero-order chi connectivity index (χ0) is 19.3. The third-order valence-electron chi connectivity index (χ3n) is 3.63. The van der Waals surface area contributed by atoms with Crippen LogP contribution in [0.4, 0.5) is 11.8 Å². The summed E-state index contributed by atoms with van der Waals surface area (Å²) in [7, 11) is 1.65. The van der Waals surface area contributed by atoms with Crippen molar-refractivity contribution in [3.8, 4) is 0 Å². The van der Waals surface area contributed by atoms with Gasteiger partial charge in [0.2, 0.25) is 5.95 Å². The van der Waals surface area contributed by atoms with E-state index in [0.717, 1.165) is 16.7 Å². The Morgan fingerprint density at radius 2 is 2.19 bits per heavy atom. The summed E-state index contributed by atoms with van der Waals surface area (Å²) in [4.78, 5) is 36.8. The van der Waals surface area contributed by atoms with Gasteiger partial charge in [-0.3, -0.25) is 24.0 Å². The van der Waals surface area contributed by atoms with Gasteiger partial charge in [0.05, 0.1) is 17.5 Å². The molecule has 2 heterocycles. The molecule has 2 aromatic heterocycles. The second-order valence-electron chi connectivity index (χ2n) is 5.27. The number of allylic oxidation sites excluding steroid dienone is 2. The number of hydrogen-bond donors (Lipinski definition) is 2. The number of nitrogens with two attached hydrogens (primary N) is 1. The fourth-order valence-corrected chi connectivity index (χ4v) is 2.39. The van der Waals surface area contributed by atoms with Crippen molar-refractivity contribution in [2.75, 3.05) is 24.2 Å². The van der Waals surface area contributed by atoms with Crippen LogP contribution in [0, 0.1) is 0 Å². The average Bonchev–Trinajstić information content (AvgIpc) is 3.03. The van der Waals surface area contributed by atoms with Gasteiger partial charge < -0.3 is 10.8 Å². The number of carboxylic acids is 1. The van der Waals surface area contributed by atoms with Crippen LogP contribution in [-0.4, -0.2) is 51.3 Å². The molecule has 136 valence electrons. The van der Waals surface area contributed by atoms with Gasteiger partial charge in [-0.1, -0.05) is 12.7 Å². The van der Waals surface area contributed by atoms with Crippen molar-refractivity contribution in [1.29, 1.82) is 0 Å². The van der Waals surface area contributed by atoms with Crippen molar-refractivity contribution < 1.29 is 14.7 Å². The minimum atomic E-state index is -1.04. The Labute approximate surface area is 150 Å². The molecule has 0 fully saturated rings. The van der Waals surface area contributed by atoms with Gasteiger partial charge in [0.15, 0.2) is 5.65 Å². The highest BCUT2D eigenvalue weighted by molar-refractivity contribution is 6.06. The molecule has 2 aromatic rings. The number of anilines is 2. The van der Waals surface area contributed by atoms with E-state index in [9.17, 15) is 9.59 Å². The molecule has 0 aliphatic rings. The minimum Gasteiger partial charge on any atom is -0.481 e. The number of fused-ring (bicyclic) bond motifs is 1. The van der Waals surface area contributed by atoms with E-state index in [2.05, 4.69) is 21.5 Å². The van der Waals surface area contributed by atoms with Gasteiger partial charge in [0, 0.05) is 26.0 Å². The highest BCUT2D eigenvalue weighted by Crippen LogP contribution is 2.25. The summed E-state index contributed by atoms with van der Waals surface area (Å²) in [5.74, 6) is -1.35. The molecule has 0 radical (unpaired) electrons. The van der Waals surface area contributed by atoms with E-state index in [4.69, 9.17) is 10.8 Å². The Kier molecular flexibility index (Phi) is 5.84. The predicted molar refractivity (Wildman–Crippen MR) is 101 cm³/mol. The molecule has 0 unspecified atom stereocenters. The summed E-state index contributed by atoms with van der Waals surface area (Å²) in [6.45, 7) is 5.19. The number of aliphatic imine (C=N–C) groups is 1. The molecule has 0 aliphatic heterocycles. The van der Waals surface area contributed by atoms with Gasteiger partial charge in [0.1, 0.15) is 5.82 Å². The van der Waals surface area contributed by atoms with Crippen LogP contribution < -0.4 is 10.6 Å². The lowest BCUT2D eigenvalue weighted by molar-refractivity contribution is -0.136. The van der Waals surface area contributed by atoms with Gasteiger partial charge >= 0.3 is 5.97 Å². The normalized spacial score (nSPS) is 11.8. The van der Waals surface area contributed by atoms with E-state index in [-0.39, 0.29) is 24.7 Å². The summed E-state index contributed by atoms with van der Waals surface area (Å²) in [5.41, 5.74) is 7.27. The molecule has 0 aromatic carbocycles. The molecule has 0 spiro atoms. The van der Waals surface area contributed by atoms with E-state index in [1.807, 2.05) is 13.0 Å². The van der Waals surface area contributed by atoms with Gasteiger partial charge in [-0.05, 0) is 19.1 Å². The number of nitrogen functional groups attached to an aromatic ring is 1. The van der Waals surface area contributed by atoms with Crippen LogP contribution in [-0.2, 0) is 9.59 Å². The Bertz CT molecular complexity index is 913. The van der Waals surface area contributed by atoms with Crippen molar-refractivity contribution in [3.05, 3.63) is 31.0 Å². The minimum absolute atomic E-state index is 0.0185. The molecule has 0 bridgehead atoms. The maximum absolute atomic E-state index is 12.1. The molecular weight excluding hydrogens is 336 g/mol. The lowest BCUT2D eigenvalue weighted by Gasteiger charge is -2.19. The van der Waals surface area contributed by atoms with Crippen LogP contribution >= 0.6 is 0 Å². The second kappa shape index (κ2) is 8.06. The van der Waals surface area contributed by atoms with Crippen molar-refractivity contribution in [2.24, 2.45) is 4.99 Å². The number of carbonyl (C=O) groups excluding carboxylic acids is 1. The monoisotopic (exact) mass is 356 g/mol. The molecular formula is C17H20N6O3. The Morgan fingerprint density at radius 1 is 1.46 bits per heavy atom. The number of aromatic nitrogens is 3. The molecule has 2 rings (SSSR count). The average molecular weight is 356 g/mol. The molecule has 0 saturated heterocycles. The van der Waals surface area contributed by atoms with Crippen LogP contribution in [0.5, 0.6) is 0 Å². The zero-order valence-corrected chi connectivity index (χ0v) is 14.6. The Balaban J connectivity index is 2.61. The van der Waals surface area contributed by atoms with Crippen LogP contribution in [0.1, 0.15) is 13.3 Å². The van der Waals surface area contributed by atoms with E-state index >= 15 is 0 Å². The summed E-state index contributed by atoms with van der Waals surface area (Å²) in [6, 6.07) is 1.76. The second-order valence-corrected chi connectivity index (χ2v) is 5.27. The molecule has 0 saturated carbocycles. The number of nitrogens with zero attached hydrogens (tertiary/aromatic N) is 5. The van der Waals surface area contributed by atoms with Gasteiger partial charge in [-0.2, -0.15) is 9.97 Å². The third kappa shape index (κ3) is 3.77. The number of carboxylic acid groups (broad SMARTS) is 1. The standard InChI is InChI=1S/C17H20N6O3/c1-4-11(10-19-3)22-8-6-12-15(18)20-17(21-16(12)22)23(13(24)5-2)9-7-14(25)26/h4-6,8,10H,2,7,9H2,1,3H3,(H,25,26)(H2,18,20,21)/b11-4+,19-10-. The Morgan fingerprint density at radius 3 is 2.77 bits per heavy atom. The van der Waals surface area contributed by atoms with E-state index in [1.54, 1.807) is 30.1 Å². The maximum atomic E-state index is 12.1. The third-order valence-corrected chi connectivity index (χ3v) is 3.63. The van der Waals surface area contributed by atoms with Crippen molar-refractivity contribution >= 4 is 46.6 Å². The fourth-order valence-electron chi connectivity index (χ4n) is 2.39. The van der Waals surface area contributed by atoms with E-state index in [0.29, 0.717) is 11.0 Å². The number of amides is 1. The molecule has 26 heavy (non-hydrogen) atoms. The number of aliphatic carboxylic acids is 1. The summed E-state index contributed by atoms with van der Waals surface area (Å²) >= 11 is 0. The molecule has 3 N–H and O–H groups in total. The maximum Gasteiger partial charge on any atom is 0.305 e. The molecule has 1 amide bonds. The first kappa shape index (κ1) is 18.8. The number of rotatable bonds is 7. The molecule has 0 aliphatic carbocycles. The Hall–Kier alpha value is -3.49. The van der Waals surface area contributed by atoms with Gasteiger partial charge in [-0.25, -0.2) is 0 Å². The first-order valence-electron chi connectivity index (χ1n) is 7.82. The number of hydrogen-bond acceptors (Lipinski definition) is 6. The number of carbonyl (C=O) groups is 2. The van der Waals surface area contributed by atoms with Gasteiger partial charge in [-0.15, -0.1) is 0 Å². The molecule has 9 nitrogen and oxygen atoms in total. The largest absolute Gasteiger partial charge is 0.481 e. The van der Waals surface area contributed by atoms with Crippen LogP contribution in [0.15, 0.2) is 36.0 Å². The highest BCUT2D eigenvalue weighted by atomic mass is 16.4. The topological polar surface area (TPSA) is 127 Å². The van der Waals surface area contributed by atoms with Gasteiger partial charge in [0.25, 0.3) is 5.91 Å². The van der Waals surface area contributed by atoms with E-state index in [1.165, 1.54) is 0 Å². The first-order valence-corrected chi connectivity index (χ1v) is 7.82. The highest BCUT2D eigenvalue weighted by Gasteiger charge is 2.20. The van der Waals surface area contributed by atoms with Crippen LogP contribution in [0.25, 0.3) is 16.7 Å². The predicted octanol–water partition coefficient (Wildman–Crippen LogP) is 1.57. The lowest BCUT2D eigenvalue weighted by Crippen LogP contribution is -2.33. The first-order chi connectivity index (χ1) is 12.4. The summed E-state index contributed by atoms with van der Waals surface area (Å²) in [5, 5.41) is 9.52. The van der Waals surface area contributed by atoms with Crippen molar-refractivity contribution in [3.63, 3.8) is 0 Å². The quantitative estimate of drug-likeness (QED) is 0.573. The summed E-state index contributed by atoms with van der Waals surface area (Å²) < 4.78 is 1.76. The van der Waals surface area contributed by atoms with Crippen molar-refractivity contribution in [2.45, 2.75) is 13.3 Å². The lowest BCUT2D eigenvalue weighted by atomic mass is 10.3. The fraction of sp³-hybridized carbons (Fsp3) is 0.235. The molecule has 9 heteroatoms. The summed E-state index contributed by atoms with van der Waals surface area (Å²) in [6.07, 6.45) is 6.10. The SMILES string of the molecule is C=CC(=O)N(CCC(=O)O)c1nc(N)c2ccn(C(/C=N\C)=C/C)c2n1. The van der Waals surface area contributed by atoms with Crippen molar-refractivity contribution in [1.82, 2.24) is 14.5 Å². The van der Waals surface area contributed by atoms with Crippen LogP contribution in [0.3, 0.4) is 0 Å². The molecule has 0 atom stereocenters. The smallest absolute Gasteiger partial charge is 0.305 e.